The summed E-state index contributed by atoms with van der Waals surface area (Å²) in [7, 11) is 7.02. The van der Waals surface area contributed by atoms with Crippen molar-refractivity contribution < 1.29 is 18.7 Å². The summed E-state index contributed by atoms with van der Waals surface area (Å²) in [5, 5.41) is 0.478. The predicted molar refractivity (Wildman–Crippen MR) is 118 cm³/mol. The number of nitrogens with zero attached hydrogens (tertiary/aromatic N) is 2. The highest BCUT2D eigenvalue weighted by atomic mass is 16.5. The molecule has 0 aliphatic carbocycles. The van der Waals surface area contributed by atoms with Crippen LogP contribution in [0.1, 0.15) is 33.3 Å². The van der Waals surface area contributed by atoms with Crippen LogP contribution in [0.2, 0.25) is 0 Å². The molecule has 1 aliphatic heterocycles. The summed E-state index contributed by atoms with van der Waals surface area (Å²) in [6.07, 6.45) is 0. The smallest absolute Gasteiger partial charge is 0.290 e. The largest absolute Gasteiger partial charge is 0.493 e. The van der Waals surface area contributed by atoms with E-state index in [0.29, 0.717) is 41.1 Å². The van der Waals surface area contributed by atoms with E-state index in [1.54, 1.807) is 37.3 Å². The Morgan fingerprint density at radius 2 is 1.77 bits per heavy atom. The Kier molecular flexibility index (Phi) is 5.45. The fourth-order valence-electron chi connectivity index (χ4n) is 4.04. The van der Waals surface area contributed by atoms with Crippen LogP contribution in [0.15, 0.2) is 45.6 Å². The molecule has 31 heavy (non-hydrogen) atoms. The third kappa shape index (κ3) is 3.55. The lowest BCUT2D eigenvalue weighted by Gasteiger charge is -2.27. The van der Waals surface area contributed by atoms with E-state index in [4.69, 9.17) is 13.9 Å². The molecule has 3 aromatic rings. The maximum Gasteiger partial charge on any atom is 0.290 e. The zero-order valence-electron chi connectivity index (χ0n) is 18.4. The number of carbonyl (C=O) groups is 1. The van der Waals surface area contributed by atoms with Gasteiger partial charge in [0.15, 0.2) is 16.9 Å². The number of methoxy groups -OCH3 is 2. The lowest BCUT2D eigenvalue weighted by Crippen LogP contribution is -2.35. The summed E-state index contributed by atoms with van der Waals surface area (Å²) in [5.41, 5.74) is 2.33. The minimum atomic E-state index is -0.566. The van der Waals surface area contributed by atoms with Crippen molar-refractivity contribution in [1.82, 2.24) is 9.80 Å². The molecule has 0 saturated carbocycles. The van der Waals surface area contributed by atoms with Crippen LogP contribution in [-0.2, 0) is 0 Å². The average Bonchev–Trinajstić information content (AvgIpc) is 3.04. The Labute approximate surface area is 180 Å². The van der Waals surface area contributed by atoms with Gasteiger partial charge in [-0.3, -0.25) is 9.59 Å². The van der Waals surface area contributed by atoms with Gasteiger partial charge in [0.1, 0.15) is 5.58 Å². The Morgan fingerprint density at radius 1 is 1.03 bits per heavy atom. The molecule has 0 saturated heterocycles. The van der Waals surface area contributed by atoms with Crippen molar-refractivity contribution >= 4 is 16.9 Å². The van der Waals surface area contributed by atoms with E-state index in [-0.39, 0.29) is 17.1 Å². The molecule has 0 spiro atoms. The van der Waals surface area contributed by atoms with Crippen molar-refractivity contribution in [2.75, 3.05) is 41.4 Å². The fraction of sp³-hybridized carbons (Fsp3) is 0.333. The van der Waals surface area contributed by atoms with Gasteiger partial charge >= 0.3 is 0 Å². The molecule has 0 N–H and O–H groups in total. The Bertz CT molecular complexity index is 1210. The molecular formula is C24H26N2O5. The number of fused-ring (bicyclic) bond motifs is 2. The minimum absolute atomic E-state index is 0.111. The van der Waals surface area contributed by atoms with Crippen LogP contribution in [0.25, 0.3) is 11.0 Å². The van der Waals surface area contributed by atoms with E-state index in [1.165, 1.54) is 0 Å². The third-order valence-corrected chi connectivity index (χ3v) is 5.63. The van der Waals surface area contributed by atoms with Gasteiger partial charge in [-0.05, 0) is 50.8 Å². The predicted octanol–water partition coefficient (Wildman–Crippen LogP) is 3.23. The van der Waals surface area contributed by atoms with Gasteiger partial charge in [-0.2, -0.15) is 0 Å². The molecule has 1 atom stereocenters. The van der Waals surface area contributed by atoms with Gasteiger partial charge in [0.05, 0.1) is 31.2 Å². The number of benzene rings is 2. The van der Waals surface area contributed by atoms with Gasteiger partial charge in [0.25, 0.3) is 5.91 Å². The molecule has 0 bridgehead atoms. The Hall–Kier alpha value is -3.32. The second-order valence-electron chi connectivity index (χ2n) is 7.99. The quantitative estimate of drug-likeness (QED) is 0.607. The molecule has 7 nitrogen and oxygen atoms in total. The summed E-state index contributed by atoms with van der Waals surface area (Å²) >= 11 is 0. The number of hydrogen-bond acceptors (Lipinski definition) is 6. The van der Waals surface area contributed by atoms with E-state index in [0.717, 1.165) is 11.1 Å². The zero-order valence-corrected chi connectivity index (χ0v) is 18.4. The van der Waals surface area contributed by atoms with E-state index < -0.39 is 6.04 Å². The van der Waals surface area contributed by atoms with Gasteiger partial charge in [0, 0.05) is 13.1 Å². The number of hydrogen-bond donors (Lipinski definition) is 0. The lowest BCUT2D eigenvalue weighted by molar-refractivity contribution is 0.0716. The maximum atomic E-state index is 13.6. The van der Waals surface area contributed by atoms with Gasteiger partial charge in [0.2, 0.25) is 5.76 Å². The van der Waals surface area contributed by atoms with E-state index in [2.05, 4.69) is 0 Å². The number of likely N-dealkylation sites (N-methyl/N-ethyl adjacent to an activating group) is 1. The van der Waals surface area contributed by atoms with Crippen LogP contribution >= 0.6 is 0 Å². The molecular weight excluding hydrogens is 396 g/mol. The maximum absolute atomic E-state index is 13.6. The SMILES string of the molecule is COc1ccc(C2c3c(oc4ccc(C)cc4c3=O)C(=O)N2CCN(C)C)cc1OC. The highest BCUT2D eigenvalue weighted by molar-refractivity contribution is 5.99. The topological polar surface area (TPSA) is 72.2 Å². The third-order valence-electron chi connectivity index (χ3n) is 5.63. The first-order valence-electron chi connectivity index (χ1n) is 10.1. The number of aryl methyl sites for hydroxylation is 1. The number of ether oxygens (including phenoxy) is 2. The van der Waals surface area contributed by atoms with Crippen LogP contribution in [0, 0.1) is 6.92 Å². The van der Waals surface area contributed by atoms with Crippen molar-refractivity contribution in [2.45, 2.75) is 13.0 Å². The van der Waals surface area contributed by atoms with Gasteiger partial charge in [-0.15, -0.1) is 0 Å². The van der Waals surface area contributed by atoms with Crippen LogP contribution in [0.4, 0.5) is 0 Å². The highest BCUT2D eigenvalue weighted by Gasteiger charge is 2.42. The molecule has 1 amide bonds. The van der Waals surface area contributed by atoms with E-state index in [1.807, 2.05) is 44.1 Å². The molecule has 0 radical (unpaired) electrons. The monoisotopic (exact) mass is 422 g/mol. The Morgan fingerprint density at radius 3 is 2.45 bits per heavy atom. The van der Waals surface area contributed by atoms with Crippen molar-refractivity contribution in [3.05, 3.63) is 69.1 Å². The van der Waals surface area contributed by atoms with Gasteiger partial charge in [-0.25, -0.2) is 0 Å². The molecule has 1 aromatic heterocycles. The summed E-state index contributed by atoms with van der Waals surface area (Å²) in [4.78, 5) is 30.6. The molecule has 4 rings (SSSR count). The van der Waals surface area contributed by atoms with Crippen LogP contribution in [-0.4, -0.2) is 57.1 Å². The van der Waals surface area contributed by atoms with E-state index >= 15 is 0 Å². The first-order valence-corrected chi connectivity index (χ1v) is 10.1. The van der Waals surface area contributed by atoms with Gasteiger partial charge < -0.3 is 23.7 Å². The first kappa shape index (κ1) is 20.9. The standard InChI is InChI=1S/C24H26N2O5/c1-14-6-8-17-16(12-14)22(27)20-21(15-7-9-18(29-4)19(13-15)30-5)26(11-10-25(2)3)24(28)23(20)31-17/h6-9,12-13,21H,10-11H2,1-5H3. The number of rotatable bonds is 6. The molecule has 2 aromatic carbocycles. The number of carbonyl (C=O) groups excluding carboxylic acids is 1. The van der Waals surface area contributed by atoms with Crippen molar-refractivity contribution in [3.8, 4) is 11.5 Å². The molecule has 2 heterocycles. The summed E-state index contributed by atoms with van der Waals surface area (Å²) < 4.78 is 16.8. The molecule has 1 aliphatic rings. The molecule has 162 valence electrons. The average molecular weight is 422 g/mol. The summed E-state index contributed by atoms with van der Waals surface area (Å²) in [5.74, 6) is 0.947. The van der Waals surface area contributed by atoms with Crippen molar-refractivity contribution in [2.24, 2.45) is 0 Å². The lowest BCUT2D eigenvalue weighted by atomic mass is 9.97. The normalized spacial score (nSPS) is 15.6. The zero-order chi connectivity index (χ0) is 22.3. The van der Waals surface area contributed by atoms with Gasteiger partial charge in [-0.1, -0.05) is 17.7 Å². The first-order chi connectivity index (χ1) is 14.8. The number of amides is 1. The van der Waals surface area contributed by atoms with Crippen LogP contribution < -0.4 is 14.9 Å². The summed E-state index contributed by atoms with van der Waals surface area (Å²) in [6.45, 7) is 3.02. The Balaban J connectivity index is 1.95. The molecule has 7 heteroatoms. The van der Waals surface area contributed by atoms with Crippen molar-refractivity contribution in [1.29, 1.82) is 0 Å². The second kappa shape index (κ2) is 8.07. The van der Waals surface area contributed by atoms with Crippen molar-refractivity contribution in [3.63, 3.8) is 0 Å². The fourth-order valence-corrected chi connectivity index (χ4v) is 4.04. The second-order valence-corrected chi connectivity index (χ2v) is 7.99. The summed E-state index contributed by atoms with van der Waals surface area (Å²) in [6, 6.07) is 10.3. The van der Waals surface area contributed by atoms with E-state index in [9.17, 15) is 9.59 Å². The minimum Gasteiger partial charge on any atom is -0.493 e. The molecule has 1 unspecified atom stereocenters. The molecule has 0 fully saturated rings. The van der Waals surface area contributed by atoms with Crippen LogP contribution in [0.5, 0.6) is 11.5 Å². The van der Waals surface area contributed by atoms with Crippen LogP contribution in [0.3, 0.4) is 0 Å². The highest BCUT2D eigenvalue weighted by Crippen LogP contribution is 2.40.